The monoisotopic (exact) mass is 249 g/mol. The van der Waals surface area contributed by atoms with E-state index >= 15 is 0 Å². The van der Waals surface area contributed by atoms with Gasteiger partial charge in [0, 0.05) is 0 Å². The van der Waals surface area contributed by atoms with Gasteiger partial charge in [0.1, 0.15) is 11.9 Å². The summed E-state index contributed by atoms with van der Waals surface area (Å²) in [5.41, 5.74) is 7.37. The van der Waals surface area contributed by atoms with Crippen molar-refractivity contribution >= 4 is 5.97 Å². The van der Waals surface area contributed by atoms with Crippen LogP contribution < -0.4 is 5.73 Å². The van der Waals surface area contributed by atoms with Crippen LogP contribution in [-0.2, 0) is 10.2 Å². The lowest BCUT2D eigenvalue weighted by molar-refractivity contribution is -0.178. The van der Waals surface area contributed by atoms with Crippen molar-refractivity contribution in [2.24, 2.45) is 11.1 Å². The first-order chi connectivity index (χ1) is 8.37. The van der Waals surface area contributed by atoms with Crippen molar-refractivity contribution in [1.29, 1.82) is 0 Å². The number of rotatable bonds is 3. The van der Waals surface area contributed by atoms with Crippen LogP contribution in [0, 0.1) is 18.2 Å². The van der Waals surface area contributed by atoms with Crippen molar-refractivity contribution in [2.45, 2.75) is 37.6 Å². The Morgan fingerprint density at radius 1 is 1.39 bits per heavy atom. The lowest BCUT2D eigenvalue weighted by Crippen LogP contribution is -2.72. The first-order valence-corrected chi connectivity index (χ1v) is 6.13. The smallest absolute Gasteiger partial charge is 0.321 e. The first kappa shape index (κ1) is 11.7. The van der Waals surface area contributed by atoms with Crippen molar-refractivity contribution in [2.75, 3.05) is 0 Å². The van der Waals surface area contributed by atoms with E-state index in [1.54, 1.807) is 6.07 Å². The molecule has 1 aromatic rings. The molecule has 3 N–H and O–H groups in total. The molecule has 0 heterocycles. The van der Waals surface area contributed by atoms with Gasteiger partial charge >= 0.3 is 5.97 Å². The Balaban J connectivity index is 1.82. The molecule has 0 aliphatic heterocycles. The van der Waals surface area contributed by atoms with Gasteiger partial charge in [-0.3, -0.25) is 4.79 Å². The van der Waals surface area contributed by atoms with E-state index in [1.165, 1.54) is 6.07 Å². The molecular formula is C14H16FNO2. The molecule has 96 valence electrons. The highest BCUT2D eigenvalue weighted by Gasteiger charge is 2.71. The predicted octanol–water partition coefficient (Wildman–Crippen LogP) is 1.97. The Hall–Kier alpha value is -1.42. The van der Waals surface area contributed by atoms with Crippen molar-refractivity contribution in [1.82, 2.24) is 0 Å². The lowest BCUT2D eigenvalue weighted by atomic mass is 9.31. The summed E-state index contributed by atoms with van der Waals surface area (Å²) < 4.78 is 13.4. The second kappa shape index (κ2) is 3.32. The molecule has 1 atom stereocenters. The van der Waals surface area contributed by atoms with Crippen LogP contribution in [0.2, 0.25) is 0 Å². The van der Waals surface area contributed by atoms with Crippen molar-refractivity contribution in [3.63, 3.8) is 0 Å². The molecule has 3 aliphatic carbocycles. The minimum absolute atomic E-state index is 0.0140. The molecule has 0 amide bonds. The molecule has 3 aliphatic rings. The van der Waals surface area contributed by atoms with Crippen LogP contribution in [0.3, 0.4) is 0 Å². The lowest BCUT2D eigenvalue weighted by Gasteiger charge is -2.72. The number of halogens is 1. The molecule has 2 bridgehead atoms. The Morgan fingerprint density at radius 2 is 2.00 bits per heavy atom. The summed E-state index contributed by atoms with van der Waals surface area (Å²) in [6, 6.07) is 4.29. The summed E-state index contributed by atoms with van der Waals surface area (Å²) in [4.78, 5) is 10.9. The molecule has 1 unspecified atom stereocenters. The topological polar surface area (TPSA) is 63.3 Å². The third-order valence-corrected chi connectivity index (χ3v) is 4.65. The van der Waals surface area contributed by atoms with Crippen LogP contribution >= 0.6 is 0 Å². The highest BCUT2D eigenvalue weighted by atomic mass is 19.1. The van der Waals surface area contributed by atoms with Crippen LogP contribution in [0.1, 0.15) is 30.4 Å². The molecule has 1 aromatic carbocycles. The summed E-state index contributed by atoms with van der Waals surface area (Å²) >= 11 is 0. The van der Waals surface area contributed by atoms with Gasteiger partial charge in [-0.2, -0.15) is 0 Å². The third kappa shape index (κ3) is 1.35. The van der Waals surface area contributed by atoms with E-state index in [-0.39, 0.29) is 16.6 Å². The van der Waals surface area contributed by atoms with Gasteiger partial charge in [-0.25, -0.2) is 4.39 Å². The number of carbonyl (C=O) groups is 1. The van der Waals surface area contributed by atoms with Gasteiger partial charge in [-0.05, 0) is 60.3 Å². The minimum Gasteiger partial charge on any atom is -0.480 e. The van der Waals surface area contributed by atoms with Crippen LogP contribution in [0.5, 0.6) is 0 Å². The maximum atomic E-state index is 13.4. The van der Waals surface area contributed by atoms with E-state index in [4.69, 9.17) is 10.8 Å². The van der Waals surface area contributed by atoms with Crippen LogP contribution in [0.4, 0.5) is 4.39 Å². The normalized spacial score (nSPS) is 34.4. The highest BCUT2D eigenvalue weighted by molar-refractivity contribution is 5.76. The third-order valence-electron chi connectivity index (χ3n) is 4.65. The summed E-state index contributed by atoms with van der Waals surface area (Å²) in [5.74, 6) is -1.15. The van der Waals surface area contributed by atoms with Gasteiger partial charge < -0.3 is 10.8 Å². The maximum Gasteiger partial charge on any atom is 0.321 e. The molecule has 0 spiro atoms. The second-order valence-corrected chi connectivity index (χ2v) is 6.01. The molecular weight excluding hydrogens is 233 g/mol. The van der Waals surface area contributed by atoms with E-state index in [2.05, 4.69) is 0 Å². The fourth-order valence-corrected chi connectivity index (χ4v) is 3.81. The van der Waals surface area contributed by atoms with Crippen molar-refractivity contribution in [3.05, 3.63) is 35.1 Å². The quantitative estimate of drug-likeness (QED) is 0.860. The number of benzene rings is 1. The molecule has 4 heteroatoms. The zero-order valence-electron chi connectivity index (χ0n) is 10.2. The summed E-state index contributed by atoms with van der Waals surface area (Å²) in [6.45, 7) is 1.87. The van der Waals surface area contributed by atoms with E-state index in [0.717, 1.165) is 30.4 Å². The van der Waals surface area contributed by atoms with Gasteiger partial charge in [0.25, 0.3) is 0 Å². The maximum absolute atomic E-state index is 13.4. The Morgan fingerprint density at radius 3 is 2.50 bits per heavy atom. The van der Waals surface area contributed by atoms with Crippen molar-refractivity contribution < 1.29 is 14.3 Å². The van der Waals surface area contributed by atoms with Gasteiger partial charge in [0.05, 0.1) is 0 Å². The number of aliphatic carboxylic acids is 1. The summed E-state index contributed by atoms with van der Waals surface area (Å²) in [6.07, 6.45) is 2.32. The average Bonchev–Trinajstić information content (AvgIpc) is 2.11. The molecule has 0 saturated heterocycles. The fourth-order valence-electron chi connectivity index (χ4n) is 3.81. The second-order valence-electron chi connectivity index (χ2n) is 6.01. The molecule has 18 heavy (non-hydrogen) atoms. The van der Waals surface area contributed by atoms with Gasteiger partial charge in [-0.1, -0.05) is 6.07 Å². The van der Waals surface area contributed by atoms with Gasteiger partial charge in [0.15, 0.2) is 0 Å². The van der Waals surface area contributed by atoms with E-state index in [0.29, 0.717) is 0 Å². The Labute approximate surface area is 105 Å². The highest BCUT2D eigenvalue weighted by Crippen LogP contribution is 2.74. The number of aryl methyl sites for hydroxylation is 1. The zero-order valence-corrected chi connectivity index (χ0v) is 10.2. The number of nitrogens with two attached hydrogens (primary N) is 1. The van der Waals surface area contributed by atoms with Crippen molar-refractivity contribution in [3.8, 4) is 0 Å². The zero-order chi connectivity index (χ0) is 13.1. The molecule has 4 rings (SSSR count). The predicted molar refractivity (Wildman–Crippen MR) is 64.7 cm³/mol. The Bertz CT molecular complexity index is 501. The summed E-state index contributed by atoms with van der Waals surface area (Å²) in [7, 11) is 0. The molecule has 0 aromatic heterocycles. The molecule has 3 fully saturated rings. The number of carboxylic acid groups (broad SMARTS) is 1. The van der Waals surface area contributed by atoms with Crippen LogP contribution in [-0.4, -0.2) is 17.1 Å². The van der Waals surface area contributed by atoms with Crippen LogP contribution in [0.15, 0.2) is 18.2 Å². The number of hydrogen-bond acceptors (Lipinski definition) is 2. The SMILES string of the molecule is Cc1cc(F)cc(C23CC(C(N)C(=O)O)(C2)C3)c1. The van der Waals surface area contributed by atoms with Crippen LogP contribution in [0.25, 0.3) is 0 Å². The first-order valence-electron chi connectivity index (χ1n) is 6.13. The molecule has 0 radical (unpaired) electrons. The van der Waals surface area contributed by atoms with Gasteiger partial charge in [0.2, 0.25) is 0 Å². The molecule has 3 nitrogen and oxygen atoms in total. The minimum atomic E-state index is -0.932. The van der Waals surface area contributed by atoms with E-state index in [1.807, 2.05) is 13.0 Å². The van der Waals surface area contributed by atoms with E-state index in [9.17, 15) is 9.18 Å². The fraction of sp³-hybridized carbons (Fsp3) is 0.500. The number of carboxylic acids is 1. The van der Waals surface area contributed by atoms with E-state index < -0.39 is 12.0 Å². The Kier molecular flexibility index (Phi) is 2.15. The van der Waals surface area contributed by atoms with Gasteiger partial charge in [-0.15, -0.1) is 0 Å². The summed E-state index contributed by atoms with van der Waals surface area (Å²) in [5, 5.41) is 8.96. The largest absolute Gasteiger partial charge is 0.480 e. The standard InChI is InChI=1S/C14H16FNO2/c1-8-2-9(4-10(15)3-8)13-5-14(6-13,7-13)11(16)12(17)18/h2-4,11H,5-7,16H2,1H3,(H,17,18). The number of hydrogen-bond donors (Lipinski definition) is 2. The molecule has 3 saturated carbocycles. The average molecular weight is 249 g/mol.